The highest BCUT2D eigenvalue weighted by Gasteiger charge is 1.99. The summed E-state index contributed by atoms with van der Waals surface area (Å²) in [7, 11) is 0. The smallest absolute Gasteiger partial charge is 0.135 e. The fourth-order valence-corrected chi connectivity index (χ4v) is 1.58. The number of aryl methyl sites for hydroxylation is 2. The largest absolute Gasteiger partial charge is 0.173 e. The van der Waals surface area contributed by atoms with E-state index in [9.17, 15) is 0 Å². The van der Waals surface area contributed by atoms with Gasteiger partial charge in [-0.3, -0.25) is 0 Å². The van der Waals surface area contributed by atoms with E-state index in [0.717, 1.165) is 38.5 Å². The van der Waals surface area contributed by atoms with Crippen molar-refractivity contribution in [2.45, 2.75) is 38.5 Å². The summed E-state index contributed by atoms with van der Waals surface area (Å²) in [6.07, 6.45) is 8.64. The Morgan fingerprint density at radius 2 is 0.944 bits per heavy atom. The predicted octanol–water partition coefficient (Wildman–Crippen LogP) is 0.192. The molecule has 0 aliphatic heterocycles. The number of hydrogen-bond acceptors (Lipinski definition) is 8. The van der Waals surface area contributed by atoms with Gasteiger partial charge in [0.05, 0.1) is 0 Å². The summed E-state index contributed by atoms with van der Waals surface area (Å²) in [5.41, 5.74) is 0. The minimum Gasteiger partial charge on any atom is -0.135 e. The molecule has 8 heteroatoms. The van der Waals surface area contributed by atoms with E-state index in [-0.39, 0.29) is 0 Å². The molecule has 2 rings (SSSR count). The van der Waals surface area contributed by atoms with E-state index in [2.05, 4.69) is 40.8 Å². The molecule has 0 amide bonds. The number of hydrogen-bond donors (Lipinski definition) is 0. The van der Waals surface area contributed by atoms with Gasteiger partial charge in [-0.2, -0.15) is 0 Å². The minimum atomic E-state index is 0.706. The van der Waals surface area contributed by atoms with Crippen LogP contribution in [0.25, 0.3) is 0 Å². The number of nitrogens with zero attached hydrogens (tertiary/aromatic N) is 8. The normalized spacial score (nSPS) is 10.4. The molecule has 0 fully saturated rings. The quantitative estimate of drug-likeness (QED) is 0.638. The highest BCUT2D eigenvalue weighted by Crippen LogP contribution is 2.05. The standard InChI is InChI=1S/C10H14N8/c1(3-5-9-15-11-7-12-16-9)2-4-6-10-17-13-8-14-18-10/h7-8H,1-6H2. The second kappa shape index (κ2) is 7.25. The first-order valence-corrected chi connectivity index (χ1v) is 5.93. The molecular formula is C10H14N8. The van der Waals surface area contributed by atoms with Gasteiger partial charge in [0, 0.05) is 12.8 Å². The molecule has 0 unspecified atom stereocenters. The highest BCUT2D eigenvalue weighted by atomic mass is 15.3. The maximum atomic E-state index is 3.88. The lowest BCUT2D eigenvalue weighted by Gasteiger charge is -1.99. The molecule has 0 N–H and O–H groups in total. The molecule has 2 aromatic rings. The van der Waals surface area contributed by atoms with Crippen molar-refractivity contribution >= 4 is 0 Å². The van der Waals surface area contributed by atoms with E-state index in [0.29, 0.717) is 11.6 Å². The minimum absolute atomic E-state index is 0.706. The fraction of sp³-hybridized carbons (Fsp3) is 0.600. The van der Waals surface area contributed by atoms with Crippen LogP contribution < -0.4 is 0 Å². The van der Waals surface area contributed by atoms with Gasteiger partial charge in [-0.15, -0.1) is 40.8 Å². The lowest BCUT2D eigenvalue weighted by Crippen LogP contribution is -2.00. The zero-order valence-electron chi connectivity index (χ0n) is 9.98. The van der Waals surface area contributed by atoms with Crippen LogP contribution in [-0.2, 0) is 12.8 Å². The molecule has 2 aromatic heterocycles. The van der Waals surface area contributed by atoms with Crippen molar-refractivity contribution in [3.63, 3.8) is 0 Å². The Bertz CT molecular complexity index is 391. The molecule has 0 spiro atoms. The summed E-state index contributed by atoms with van der Waals surface area (Å²) in [5, 5.41) is 30.3. The van der Waals surface area contributed by atoms with Gasteiger partial charge in [0.2, 0.25) is 0 Å². The zero-order valence-corrected chi connectivity index (χ0v) is 9.98. The van der Waals surface area contributed by atoms with Crippen LogP contribution in [0.1, 0.15) is 37.3 Å². The third-order valence-electron chi connectivity index (χ3n) is 2.45. The number of unbranched alkanes of at least 4 members (excludes halogenated alkanes) is 3. The average molecular weight is 246 g/mol. The van der Waals surface area contributed by atoms with E-state index < -0.39 is 0 Å². The number of aromatic nitrogens is 8. The van der Waals surface area contributed by atoms with Gasteiger partial charge >= 0.3 is 0 Å². The highest BCUT2D eigenvalue weighted by molar-refractivity contribution is 4.77. The molecule has 2 heterocycles. The molecule has 0 aromatic carbocycles. The first-order chi connectivity index (χ1) is 8.95. The molecule has 94 valence electrons. The van der Waals surface area contributed by atoms with Crippen molar-refractivity contribution in [2.24, 2.45) is 0 Å². The molecule has 0 radical (unpaired) electrons. The van der Waals surface area contributed by atoms with E-state index in [1.54, 1.807) is 0 Å². The van der Waals surface area contributed by atoms with Crippen LogP contribution >= 0.6 is 0 Å². The summed E-state index contributed by atoms with van der Waals surface area (Å²) in [6, 6.07) is 0. The molecule has 0 aliphatic carbocycles. The van der Waals surface area contributed by atoms with Crippen LogP contribution in [0.2, 0.25) is 0 Å². The average Bonchev–Trinajstić information content (AvgIpc) is 2.45. The van der Waals surface area contributed by atoms with Crippen LogP contribution in [-0.4, -0.2) is 40.8 Å². The Kier molecular flexibility index (Phi) is 4.97. The summed E-state index contributed by atoms with van der Waals surface area (Å²) in [6.45, 7) is 0. The molecule has 8 nitrogen and oxygen atoms in total. The van der Waals surface area contributed by atoms with Gasteiger partial charge in [0.15, 0.2) is 24.3 Å². The van der Waals surface area contributed by atoms with Crippen LogP contribution in [0.4, 0.5) is 0 Å². The maximum Gasteiger partial charge on any atom is 0.173 e. The molecule has 18 heavy (non-hydrogen) atoms. The van der Waals surface area contributed by atoms with Crippen LogP contribution in [0.5, 0.6) is 0 Å². The Morgan fingerprint density at radius 1 is 0.556 bits per heavy atom. The number of rotatable bonds is 7. The second-order valence-corrected chi connectivity index (χ2v) is 3.84. The van der Waals surface area contributed by atoms with Gasteiger partial charge in [-0.1, -0.05) is 12.8 Å². The van der Waals surface area contributed by atoms with E-state index in [1.807, 2.05) is 0 Å². The summed E-state index contributed by atoms with van der Waals surface area (Å²) in [5.74, 6) is 1.41. The van der Waals surface area contributed by atoms with Crippen molar-refractivity contribution in [1.82, 2.24) is 40.8 Å². The predicted molar refractivity (Wildman–Crippen MR) is 61.1 cm³/mol. The Hall–Kier alpha value is -2.12. The van der Waals surface area contributed by atoms with Crippen molar-refractivity contribution in [2.75, 3.05) is 0 Å². The topological polar surface area (TPSA) is 103 Å². The monoisotopic (exact) mass is 246 g/mol. The zero-order chi connectivity index (χ0) is 12.5. The van der Waals surface area contributed by atoms with E-state index in [4.69, 9.17) is 0 Å². The molecule has 0 saturated heterocycles. The first-order valence-electron chi connectivity index (χ1n) is 5.93. The molecule has 0 bridgehead atoms. The van der Waals surface area contributed by atoms with Crippen LogP contribution in [0.3, 0.4) is 0 Å². The molecule has 0 aliphatic rings. The Balaban J connectivity index is 1.54. The second-order valence-electron chi connectivity index (χ2n) is 3.84. The third kappa shape index (κ3) is 4.40. The van der Waals surface area contributed by atoms with Gasteiger partial charge in [0.1, 0.15) is 0 Å². The maximum absolute atomic E-state index is 3.88. The lowest BCUT2D eigenvalue weighted by atomic mass is 10.1. The first kappa shape index (κ1) is 12.3. The summed E-state index contributed by atoms with van der Waals surface area (Å²) in [4.78, 5) is 0. The van der Waals surface area contributed by atoms with Crippen LogP contribution in [0.15, 0.2) is 12.7 Å². The molecular weight excluding hydrogens is 232 g/mol. The van der Waals surface area contributed by atoms with E-state index in [1.165, 1.54) is 12.7 Å². The molecule has 0 saturated carbocycles. The van der Waals surface area contributed by atoms with E-state index >= 15 is 0 Å². The Labute approximate surface area is 104 Å². The molecule has 0 atom stereocenters. The summed E-state index contributed by atoms with van der Waals surface area (Å²) >= 11 is 0. The van der Waals surface area contributed by atoms with Crippen LogP contribution in [0, 0.1) is 0 Å². The SMILES string of the molecule is c1nnc(CCCCCCc2nncnn2)nn1. The van der Waals surface area contributed by atoms with Crippen molar-refractivity contribution < 1.29 is 0 Å². The fourth-order valence-electron chi connectivity index (χ4n) is 1.58. The van der Waals surface area contributed by atoms with Crippen molar-refractivity contribution in [1.29, 1.82) is 0 Å². The lowest BCUT2D eigenvalue weighted by molar-refractivity contribution is 0.601. The Morgan fingerprint density at radius 3 is 1.33 bits per heavy atom. The summed E-state index contributed by atoms with van der Waals surface area (Å²) < 4.78 is 0. The van der Waals surface area contributed by atoms with Crippen molar-refractivity contribution in [3.8, 4) is 0 Å². The van der Waals surface area contributed by atoms with Gasteiger partial charge in [-0.05, 0) is 12.8 Å². The van der Waals surface area contributed by atoms with Gasteiger partial charge in [0.25, 0.3) is 0 Å². The third-order valence-corrected chi connectivity index (χ3v) is 2.45. The van der Waals surface area contributed by atoms with Gasteiger partial charge in [-0.25, -0.2) is 0 Å². The van der Waals surface area contributed by atoms with Crippen molar-refractivity contribution in [3.05, 3.63) is 24.3 Å². The van der Waals surface area contributed by atoms with Gasteiger partial charge < -0.3 is 0 Å².